The maximum atomic E-state index is 12.4. The highest BCUT2D eigenvalue weighted by Crippen LogP contribution is 2.29. The van der Waals surface area contributed by atoms with E-state index in [9.17, 15) is 18.0 Å². The van der Waals surface area contributed by atoms with E-state index in [4.69, 9.17) is 16.3 Å². The Hall–Kier alpha value is -2.52. The number of amides is 1. The van der Waals surface area contributed by atoms with Gasteiger partial charge in [-0.05, 0) is 30.2 Å². The van der Waals surface area contributed by atoms with E-state index in [-0.39, 0.29) is 18.6 Å². The lowest BCUT2D eigenvalue weighted by Gasteiger charge is -2.15. The molecule has 6 nitrogen and oxygen atoms in total. The van der Waals surface area contributed by atoms with Gasteiger partial charge in [0.2, 0.25) is 5.91 Å². The van der Waals surface area contributed by atoms with E-state index in [0.29, 0.717) is 18.7 Å². The Morgan fingerprint density at radius 2 is 2.04 bits per heavy atom. The molecule has 0 bridgehead atoms. The minimum absolute atomic E-state index is 0.0869. The van der Waals surface area contributed by atoms with Crippen molar-refractivity contribution in [2.24, 2.45) is 11.6 Å². The molecule has 0 aromatic heterocycles. The van der Waals surface area contributed by atoms with Crippen molar-refractivity contribution in [2.75, 3.05) is 13.1 Å². The monoisotopic (exact) mass is 372 g/mol. The normalized spacial score (nSPS) is 16.9. The molecule has 26 heavy (non-hydrogen) atoms. The van der Waals surface area contributed by atoms with E-state index < -0.39 is 11.7 Å². The summed E-state index contributed by atoms with van der Waals surface area (Å²) >= 11 is 0. The van der Waals surface area contributed by atoms with Crippen molar-refractivity contribution < 1.29 is 22.7 Å². The molecule has 1 saturated heterocycles. The maximum Gasteiger partial charge on any atom is 0.416 e. The Morgan fingerprint density at radius 3 is 2.50 bits per heavy atom. The van der Waals surface area contributed by atoms with Crippen LogP contribution < -0.4 is 17.0 Å². The van der Waals surface area contributed by atoms with Gasteiger partial charge in [-0.3, -0.25) is 10.6 Å². The third-order valence-corrected chi connectivity index (χ3v) is 3.59. The van der Waals surface area contributed by atoms with Crippen LogP contribution >= 0.6 is 0 Å². The van der Waals surface area contributed by atoms with E-state index in [1.807, 2.05) is 0 Å². The maximum absolute atomic E-state index is 12.4. The van der Waals surface area contributed by atoms with Crippen molar-refractivity contribution in [3.05, 3.63) is 60.4 Å². The van der Waals surface area contributed by atoms with Crippen molar-refractivity contribution >= 4 is 5.91 Å². The Bertz CT molecular complexity index is 603. The number of halogens is 3. The predicted molar refractivity (Wildman–Crippen MR) is 92.1 cm³/mol. The lowest BCUT2D eigenvalue weighted by atomic mass is 10.1. The number of carbonyl (C=O) groups is 1. The van der Waals surface area contributed by atoms with E-state index >= 15 is 0 Å². The number of hydrazine groups is 1. The molecule has 9 heteroatoms. The summed E-state index contributed by atoms with van der Waals surface area (Å²) in [5.74, 6) is 4.59. The Kier molecular flexibility index (Phi) is 8.66. The van der Waals surface area contributed by atoms with Crippen LogP contribution in [-0.4, -0.2) is 30.0 Å². The zero-order chi connectivity index (χ0) is 19.6. The lowest BCUT2D eigenvalue weighted by Crippen LogP contribution is -2.28. The molecule has 1 unspecified atom stereocenters. The molecule has 0 spiro atoms. The first-order valence-electron chi connectivity index (χ1n) is 7.83. The Morgan fingerprint density at radius 1 is 1.38 bits per heavy atom. The average Bonchev–Trinajstić information content (AvgIpc) is 3.09. The number of ether oxygens (including phenoxy) is 1. The van der Waals surface area contributed by atoms with Gasteiger partial charge in [0.1, 0.15) is 0 Å². The van der Waals surface area contributed by atoms with Crippen molar-refractivity contribution in [2.45, 2.75) is 25.3 Å². The van der Waals surface area contributed by atoms with Gasteiger partial charge in [0.25, 0.3) is 0 Å². The SMILES string of the molecule is C=CC(=O)N1CCC(OCc2ccc(C(F)(F)F)cc2)C1.N/C=C\NN. The Labute approximate surface area is 150 Å². The summed E-state index contributed by atoms with van der Waals surface area (Å²) in [5, 5.41) is 0. The highest BCUT2D eigenvalue weighted by atomic mass is 19.4. The van der Waals surface area contributed by atoms with E-state index in [1.165, 1.54) is 30.6 Å². The fraction of sp³-hybridized carbons (Fsp3) is 0.353. The fourth-order valence-electron chi connectivity index (χ4n) is 2.25. The minimum atomic E-state index is -4.32. The molecule has 0 aliphatic carbocycles. The standard InChI is InChI=1S/C15H16F3NO2.C2H7N3/c1-2-14(20)19-8-7-13(9-19)21-10-11-3-5-12(6-4-11)15(16,17)18;3-1-2-5-4/h2-6,13H,1,7-10H2;1-2,5H,3-4H2/b;2-1-. The summed E-state index contributed by atoms with van der Waals surface area (Å²) in [6.07, 6.45) is 0.325. The second kappa shape index (κ2) is 10.5. The van der Waals surface area contributed by atoms with Crippen LogP contribution in [0.4, 0.5) is 13.2 Å². The molecule has 1 atom stereocenters. The van der Waals surface area contributed by atoms with Crippen LogP contribution in [-0.2, 0) is 22.3 Å². The average molecular weight is 372 g/mol. The lowest BCUT2D eigenvalue weighted by molar-refractivity contribution is -0.137. The molecule has 2 rings (SSSR count). The number of benzene rings is 1. The number of nitrogens with zero attached hydrogens (tertiary/aromatic N) is 1. The summed E-state index contributed by atoms with van der Waals surface area (Å²) in [7, 11) is 0. The molecule has 1 aromatic carbocycles. The molecular weight excluding hydrogens is 349 g/mol. The molecule has 5 N–H and O–H groups in total. The first-order valence-corrected chi connectivity index (χ1v) is 7.83. The van der Waals surface area contributed by atoms with Crippen LogP contribution in [0.5, 0.6) is 0 Å². The molecule has 1 heterocycles. The molecular formula is C17H23F3N4O2. The fourth-order valence-corrected chi connectivity index (χ4v) is 2.25. The first kappa shape index (κ1) is 21.5. The number of nitrogens with two attached hydrogens (primary N) is 2. The van der Waals surface area contributed by atoms with Crippen LogP contribution in [0.15, 0.2) is 49.3 Å². The van der Waals surface area contributed by atoms with Crippen LogP contribution in [0.1, 0.15) is 17.5 Å². The van der Waals surface area contributed by atoms with Gasteiger partial charge in [-0.2, -0.15) is 13.2 Å². The smallest absolute Gasteiger partial charge is 0.403 e. The van der Waals surface area contributed by atoms with Gasteiger partial charge in [-0.1, -0.05) is 18.7 Å². The summed E-state index contributed by atoms with van der Waals surface area (Å²) in [4.78, 5) is 13.1. The molecule has 1 aliphatic rings. The van der Waals surface area contributed by atoms with Gasteiger partial charge in [-0.25, -0.2) is 0 Å². The van der Waals surface area contributed by atoms with Gasteiger partial charge in [0, 0.05) is 25.5 Å². The number of alkyl halides is 3. The first-order chi connectivity index (χ1) is 12.3. The largest absolute Gasteiger partial charge is 0.416 e. The highest BCUT2D eigenvalue weighted by molar-refractivity contribution is 5.87. The van der Waals surface area contributed by atoms with Crippen LogP contribution in [0, 0.1) is 0 Å². The van der Waals surface area contributed by atoms with Crippen molar-refractivity contribution in [1.82, 2.24) is 10.3 Å². The number of nitrogens with one attached hydrogen (secondary N) is 1. The van der Waals surface area contributed by atoms with Crippen molar-refractivity contribution in [3.63, 3.8) is 0 Å². The topological polar surface area (TPSA) is 93.6 Å². The van der Waals surface area contributed by atoms with Gasteiger partial charge in [0.05, 0.1) is 18.3 Å². The number of carbonyl (C=O) groups excluding carboxylic acids is 1. The van der Waals surface area contributed by atoms with Crippen molar-refractivity contribution in [1.29, 1.82) is 0 Å². The molecule has 0 saturated carbocycles. The predicted octanol–water partition coefficient (Wildman–Crippen LogP) is 1.89. The third kappa shape index (κ3) is 7.16. The summed E-state index contributed by atoms with van der Waals surface area (Å²) in [6.45, 7) is 4.77. The van der Waals surface area contributed by atoms with Gasteiger partial charge in [-0.15, -0.1) is 0 Å². The number of hydrogen-bond donors (Lipinski definition) is 3. The van der Waals surface area contributed by atoms with E-state index in [1.54, 1.807) is 4.90 Å². The zero-order valence-corrected chi connectivity index (χ0v) is 14.2. The highest BCUT2D eigenvalue weighted by Gasteiger charge is 2.30. The molecule has 1 fully saturated rings. The van der Waals surface area contributed by atoms with Gasteiger partial charge < -0.3 is 20.8 Å². The third-order valence-electron chi connectivity index (χ3n) is 3.59. The van der Waals surface area contributed by atoms with Gasteiger partial charge in [0.15, 0.2) is 0 Å². The molecule has 144 valence electrons. The summed E-state index contributed by atoms with van der Waals surface area (Å²) in [5.41, 5.74) is 7.03. The van der Waals surface area contributed by atoms with Crippen molar-refractivity contribution in [3.8, 4) is 0 Å². The molecule has 0 radical (unpaired) electrons. The Balaban J connectivity index is 0.000000597. The van der Waals surface area contributed by atoms with Gasteiger partial charge >= 0.3 is 6.18 Å². The summed E-state index contributed by atoms with van der Waals surface area (Å²) in [6, 6.07) is 4.90. The number of likely N-dealkylation sites (tertiary alicyclic amines) is 1. The quantitative estimate of drug-likeness (QED) is 0.417. The minimum Gasteiger partial charge on any atom is -0.403 e. The number of rotatable bonds is 5. The van der Waals surface area contributed by atoms with E-state index in [0.717, 1.165) is 18.6 Å². The second-order valence-electron chi connectivity index (χ2n) is 5.43. The van der Waals surface area contributed by atoms with E-state index in [2.05, 4.69) is 12.0 Å². The zero-order valence-electron chi connectivity index (χ0n) is 14.2. The van der Waals surface area contributed by atoms with Crippen LogP contribution in [0.25, 0.3) is 0 Å². The second-order valence-corrected chi connectivity index (χ2v) is 5.43. The molecule has 1 aliphatic heterocycles. The molecule has 1 aromatic rings. The number of hydrogen-bond acceptors (Lipinski definition) is 5. The van der Waals surface area contributed by atoms with Crippen LogP contribution in [0.3, 0.4) is 0 Å². The van der Waals surface area contributed by atoms with Crippen LogP contribution in [0.2, 0.25) is 0 Å². The molecule has 1 amide bonds. The summed E-state index contributed by atoms with van der Waals surface area (Å²) < 4.78 is 42.9.